The molecule has 4 amide bonds. The third-order valence-corrected chi connectivity index (χ3v) is 12.0. The maximum atomic E-state index is 14.1. The minimum Gasteiger partial charge on any atom is -0.445 e. The zero-order chi connectivity index (χ0) is 41.2. The number of nitrogens with one attached hydrogen (secondary N) is 3. The van der Waals surface area contributed by atoms with Gasteiger partial charge in [0.1, 0.15) is 30.5 Å². The second-order valence-corrected chi connectivity index (χ2v) is 16.2. The van der Waals surface area contributed by atoms with Crippen LogP contribution in [0.2, 0.25) is 0 Å². The fourth-order valence-corrected chi connectivity index (χ4v) is 8.95. The van der Waals surface area contributed by atoms with E-state index >= 15 is 0 Å². The molecule has 2 aliphatic heterocycles. The number of sulfonamides is 1. The van der Waals surface area contributed by atoms with Gasteiger partial charge in [-0.15, -0.1) is 0 Å². The van der Waals surface area contributed by atoms with Crippen molar-refractivity contribution in [3.05, 3.63) is 162 Å². The first-order valence-electron chi connectivity index (χ1n) is 19.5. The predicted octanol–water partition coefficient (Wildman–Crippen LogP) is 7.70. The summed E-state index contributed by atoms with van der Waals surface area (Å²) in [6, 6.07) is 38.9. The molecule has 2 heterocycles. The number of hydrogen-bond acceptors (Lipinski definition) is 8. The van der Waals surface area contributed by atoms with E-state index in [4.69, 9.17) is 9.47 Å². The molecule has 13 nitrogen and oxygen atoms in total. The van der Waals surface area contributed by atoms with E-state index < -0.39 is 39.5 Å². The van der Waals surface area contributed by atoms with E-state index in [2.05, 4.69) is 15.4 Å². The number of benzene rings is 5. The summed E-state index contributed by atoms with van der Waals surface area (Å²) >= 11 is 0. The van der Waals surface area contributed by atoms with Crippen LogP contribution in [0.25, 0.3) is 0 Å². The van der Waals surface area contributed by atoms with Crippen molar-refractivity contribution in [2.75, 3.05) is 28.4 Å². The van der Waals surface area contributed by atoms with E-state index in [0.717, 1.165) is 11.1 Å². The van der Waals surface area contributed by atoms with Gasteiger partial charge in [-0.25, -0.2) is 18.0 Å². The topological polar surface area (TPSA) is 163 Å². The summed E-state index contributed by atoms with van der Waals surface area (Å²) in [5.41, 5.74) is 3.84. The molecule has 1 unspecified atom stereocenters. The van der Waals surface area contributed by atoms with Gasteiger partial charge in [-0.3, -0.25) is 24.1 Å². The lowest BCUT2D eigenvalue weighted by Crippen LogP contribution is -2.43. The molecule has 0 aliphatic carbocycles. The molecule has 7 rings (SSSR count). The van der Waals surface area contributed by atoms with Crippen molar-refractivity contribution in [1.29, 1.82) is 0 Å². The van der Waals surface area contributed by atoms with Crippen LogP contribution in [0.3, 0.4) is 0 Å². The van der Waals surface area contributed by atoms with E-state index in [9.17, 15) is 27.6 Å². The Bertz CT molecular complexity index is 2330. The van der Waals surface area contributed by atoms with Gasteiger partial charge in [0.2, 0.25) is 21.8 Å². The number of amides is 4. The van der Waals surface area contributed by atoms with Crippen molar-refractivity contribution in [3.63, 3.8) is 0 Å². The number of carbonyl (C=O) groups is 4. The van der Waals surface area contributed by atoms with Crippen LogP contribution >= 0.6 is 0 Å². The van der Waals surface area contributed by atoms with E-state index in [1.165, 1.54) is 9.80 Å². The SMILES string of the molecule is O=C(Nc1ccc(NS(=O)(=O)C(c2ccccc2)c2ccc(NC(=O)[C@@H]3CCCN3C(=O)OCc3ccccc3)cc2)cc1)[C@@H]1CCCN1C(=O)OCc1ccccc1. The smallest absolute Gasteiger partial charge is 0.410 e. The molecule has 0 bridgehead atoms. The second kappa shape index (κ2) is 18.7. The highest BCUT2D eigenvalue weighted by molar-refractivity contribution is 7.93. The Labute approximate surface area is 343 Å². The quantitative estimate of drug-likeness (QED) is 0.109. The fourth-order valence-electron chi connectivity index (χ4n) is 7.34. The van der Waals surface area contributed by atoms with Crippen LogP contribution < -0.4 is 15.4 Å². The number of nitrogens with zero attached hydrogens (tertiary/aromatic N) is 2. The Hall–Kier alpha value is -6.67. The first-order chi connectivity index (χ1) is 28.6. The molecule has 304 valence electrons. The maximum absolute atomic E-state index is 14.1. The lowest BCUT2D eigenvalue weighted by Gasteiger charge is -2.24. The van der Waals surface area contributed by atoms with Gasteiger partial charge in [0, 0.05) is 30.2 Å². The molecule has 14 heteroatoms. The Morgan fingerprint density at radius 1 is 0.542 bits per heavy atom. The number of hydrogen-bond donors (Lipinski definition) is 3. The zero-order valence-electron chi connectivity index (χ0n) is 32.2. The Morgan fingerprint density at radius 3 is 1.39 bits per heavy atom. The molecule has 0 saturated carbocycles. The van der Waals surface area contributed by atoms with Crippen molar-refractivity contribution >= 4 is 51.1 Å². The van der Waals surface area contributed by atoms with Gasteiger partial charge in [0.15, 0.2) is 0 Å². The zero-order valence-corrected chi connectivity index (χ0v) is 33.1. The summed E-state index contributed by atoms with van der Waals surface area (Å²) in [6.45, 7) is 1.01. The molecule has 2 fully saturated rings. The monoisotopic (exact) mass is 815 g/mol. The highest BCUT2D eigenvalue weighted by atomic mass is 32.2. The normalized spacial score (nSPS) is 16.8. The molecule has 0 radical (unpaired) electrons. The van der Waals surface area contributed by atoms with Gasteiger partial charge in [-0.05, 0) is 84.3 Å². The third kappa shape index (κ3) is 10.3. The lowest BCUT2D eigenvalue weighted by atomic mass is 10.0. The van der Waals surface area contributed by atoms with Crippen LogP contribution in [0.15, 0.2) is 140 Å². The molecule has 3 N–H and O–H groups in total. The third-order valence-electron chi connectivity index (χ3n) is 10.3. The molecular formula is C45H45N5O8S. The molecule has 0 spiro atoms. The summed E-state index contributed by atoms with van der Waals surface area (Å²) in [6.07, 6.45) is 1.18. The van der Waals surface area contributed by atoms with Gasteiger partial charge in [0.05, 0.1) is 0 Å². The first-order valence-corrected chi connectivity index (χ1v) is 21.0. The minimum atomic E-state index is -4.11. The van der Waals surface area contributed by atoms with Crippen molar-refractivity contribution < 1.29 is 37.1 Å². The van der Waals surface area contributed by atoms with Crippen molar-refractivity contribution in [2.45, 2.75) is 56.2 Å². The summed E-state index contributed by atoms with van der Waals surface area (Å²) in [4.78, 5) is 55.2. The van der Waals surface area contributed by atoms with E-state index in [1.54, 1.807) is 78.9 Å². The molecule has 2 saturated heterocycles. The molecular weight excluding hydrogens is 771 g/mol. The summed E-state index contributed by atoms with van der Waals surface area (Å²) in [5, 5.41) is 4.60. The summed E-state index contributed by atoms with van der Waals surface area (Å²) < 4.78 is 41.9. The Morgan fingerprint density at radius 2 is 0.932 bits per heavy atom. The number of ether oxygens (including phenoxy) is 2. The van der Waals surface area contributed by atoms with Gasteiger partial charge in [-0.1, -0.05) is 103 Å². The molecule has 0 aromatic heterocycles. The van der Waals surface area contributed by atoms with Gasteiger partial charge < -0.3 is 20.1 Å². The number of carbonyl (C=O) groups excluding carboxylic acids is 4. The highest BCUT2D eigenvalue weighted by Gasteiger charge is 2.37. The van der Waals surface area contributed by atoms with Crippen molar-refractivity contribution in [3.8, 4) is 0 Å². The number of anilines is 3. The van der Waals surface area contributed by atoms with Crippen LogP contribution in [0.1, 0.15) is 53.2 Å². The van der Waals surface area contributed by atoms with Crippen LogP contribution in [0.5, 0.6) is 0 Å². The minimum absolute atomic E-state index is 0.103. The number of rotatable bonds is 13. The molecule has 5 aromatic carbocycles. The molecule has 2 aliphatic rings. The average molecular weight is 816 g/mol. The Kier molecular flexibility index (Phi) is 12.9. The van der Waals surface area contributed by atoms with Crippen LogP contribution in [-0.2, 0) is 42.3 Å². The summed E-state index contributed by atoms with van der Waals surface area (Å²) in [5.74, 6) is -0.722. The van der Waals surface area contributed by atoms with Crippen molar-refractivity contribution in [1.82, 2.24) is 9.80 Å². The largest absolute Gasteiger partial charge is 0.445 e. The molecule has 5 aromatic rings. The Balaban J connectivity index is 0.972. The van der Waals surface area contributed by atoms with Crippen LogP contribution in [-0.4, -0.2) is 67.4 Å². The van der Waals surface area contributed by atoms with Gasteiger partial charge >= 0.3 is 12.2 Å². The predicted molar refractivity (Wildman–Crippen MR) is 224 cm³/mol. The van der Waals surface area contributed by atoms with Gasteiger partial charge in [0.25, 0.3) is 0 Å². The second-order valence-electron chi connectivity index (χ2n) is 14.4. The van der Waals surface area contributed by atoms with E-state index in [0.29, 0.717) is 61.3 Å². The van der Waals surface area contributed by atoms with Gasteiger partial charge in [-0.2, -0.15) is 0 Å². The lowest BCUT2D eigenvalue weighted by molar-refractivity contribution is -0.120. The maximum Gasteiger partial charge on any atom is 0.410 e. The van der Waals surface area contributed by atoms with Crippen molar-refractivity contribution in [2.24, 2.45) is 0 Å². The molecule has 3 atom stereocenters. The standard InChI is InChI=1S/C45H45N5O8S/c51-42(39-18-10-28-49(39)44(53)57-30-32-12-4-1-5-13-32)46-36-22-20-35(21-23-36)41(34-16-8-3-9-17-34)59(55,56)48-38-26-24-37(25-27-38)47-43(52)40-19-11-29-50(40)45(54)58-31-33-14-6-2-7-15-33/h1-9,12-17,20-27,39-41,48H,10-11,18-19,28-31H2,(H,46,51)(H,47,52)/t39-,40-,41?/m0/s1. The van der Waals surface area contributed by atoms with Crippen LogP contribution in [0.4, 0.5) is 26.7 Å². The van der Waals surface area contributed by atoms with E-state index in [-0.39, 0.29) is 30.7 Å². The van der Waals surface area contributed by atoms with E-state index in [1.807, 2.05) is 60.7 Å². The van der Waals surface area contributed by atoms with Crippen LogP contribution in [0, 0.1) is 0 Å². The fraction of sp³-hybridized carbons (Fsp3) is 0.244. The number of likely N-dealkylation sites (tertiary alicyclic amines) is 2. The first kappa shape index (κ1) is 40.5. The summed E-state index contributed by atoms with van der Waals surface area (Å²) in [7, 11) is -4.11. The average Bonchev–Trinajstić information content (AvgIpc) is 3.96. The highest BCUT2D eigenvalue weighted by Crippen LogP contribution is 2.33. The molecule has 59 heavy (non-hydrogen) atoms.